The van der Waals surface area contributed by atoms with Crippen LogP contribution >= 0.6 is 11.6 Å². The van der Waals surface area contributed by atoms with E-state index in [4.69, 9.17) is 11.6 Å². The van der Waals surface area contributed by atoms with Crippen molar-refractivity contribution < 1.29 is 22.4 Å². The molecule has 1 saturated heterocycles. The van der Waals surface area contributed by atoms with Crippen molar-refractivity contribution in [3.63, 3.8) is 0 Å². The van der Waals surface area contributed by atoms with E-state index in [0.29, 0.717) is 32.2 Å². The van der Waals surface area contributed by atoms with Gasteiger partial charge in [-0.25, -0.2) is 12.8 Å². The predicted molar refractivity (Wildman–Crippen MR) is 122 cm³/mol. The largest absolute Gasteiger partial charge is 0.352 e. The summed E-state index contributed by atoms with van der Waals surface area (Å²) >= 11 is 6.21. The lowest BCUT2D eigenvalue weighted by molar-refractivity contribution is -0.122. The SMILES string of the molecule is O=C(CN1CCN(C(=O)c2cc(S(=O)(=O)Nc3ccccc3F)ccc2Cl)CC1)NC1CC1. The van der Waals surface area contributed by atoms with Gasteiger partial charge < -0.3 is 10.2 Å². The normalized spacial score (nSPS) is 17.0. The van der Waals surface area contributed by atoms with Crippen LogP contribution < -0.4 is 10.0 Å². The van der Waals surface area contributed by atoms with Gasteiger partial charge in [0.15, 0.2) is 0 Å². The fourth-order valence-corrected chi connectivity index (χ4v) is 4.86. The molecule has 4 rings (SSSR count). The van der Waals surface area contributed by atoms with Crippen molar-refractivity contribution in [3.05, 3.63) is 58.9 Å². The Morgan fingerprint density at radius 1 is 1.06 bits per heavy atom. The van der Waals surface area contributed by atoms with Gasteiger partial charge in [-0.2, -0.15) is 0 Å². The molecule has 176 valence electrons. The van der Waals surface area contributed by atoms with Gasteiger partial charge >= 0.3 is 0 Å². The first-order valence-electron chi connectivity index (χ1n) is 10.6. The molecule has 0 radical (unpaired) electrons. The summed E-state index contributed by atoms with van der Waals surface area (Å²) in [5, 5.41) is 3.07. The molecule has 1 aliphatic carbocycles. The fraction of sp³-hybridized carbons (Fsp3) is 0.364. The number of carbonyl (C=O) groups excluding carboxylic acids is 2. The third-order valence-corrected chi connectivity index (χ3v) is 7.26. The van der Waals surface area contributed by atoms with Crippen LogP contribution in [0.2, 0.25) is 5.02 Å². The Morgan fingerprint density at radius 3 is 2.42 bits per heavy atom. The van der Waals surface area contributed by atoms with Crippen molar-refractivity contribution in [3.8, 4) is 0 Å². The van der Waals surface area contributed by atoms with Crippen LogP contribution in [-0.2, 0) is 14.8 Å². The number of halogens is 2. The van der Waals surface area contributed by atoms with E-state index in [2.05, 4.69) is 10.0 Å². The van der Waals surface area contributed by atoms with Crippen molar-refractivity contribution in [2.24, 2.45) is 0 Å². The highest BCUT2D eigenvalue weighted by atomic mass is 35.5. The monoisotopic (exact) mass is 494 g/mol. The third kappa shape index (κ3) is 5.82. The highest BCUT2D eigenvalue weighted by molar-refractivity contribution is 7.92. The second-order valence-corrected chi connectivity index (χ2v) is 10.2. The van der Waals surface area contributed by atoms with E-state index in [-0.39, 0.29) is 33.6 Å². The number of carbonyl (C=O) groups is 2. The van der Waals surface area contributed by atoms with Crippen LogP contribution in [0.4, 0.5) is 10.1 Å². The van der Waals surface area contributed by atoms with Gasteiger partial charge in [-0.05, 0) is 43.2 Å². The van der Waals surface area contributed by atoms with Crippen LogP contribution in [0.3, 0.4) is 0 Å². The van der Waals surface area contributed by atoms with E-state index < -0.39 is 21.7 Å². The van der Waals surface area contributed by atoms with E-state index in [1.54, 1.807) is 4.90 Å². The second kappa shape index (κ2) is 9.66. The average molecular weight is 495 g/mol. The highest BCUT2D eigenvalue weighted by Crippen LogP contribution is 2.25. The van der Waals surface area contributed by atoms with Crippen LogP contribution in [0.1, 0.15) is 23.2 Å². The van der Waals surface area contributed by atoms with E-state index >= 15 is 0 Å². The van der Waals surface area contributed by atoms with Crippen LogP contribution in [0.25, 0.3) is 0 Å². The molecule has 2 aromatic rings. The van der Waals surface area contributed by atoms with Gasteiger partial charge in [0.25, 0.3) is 15.9 Å². The fourth-order valence-electron chi connectivity index (χ4n) is 3.57. The maximum absolute atomic E-state index is 13.9. The van der Waals surface area contributed by atoms with Crippen LogP contribution in [0.5, 0.6) is 0 Å². The molecule has 0 spiro atoms. The summed E-state index contributed by atoms with van der Waals surface area (Å²) in [4.78, 5) is 28.4. The first-order chi connectivity index (χ1) is 15.7. The number of piperazine rings is 1. The number of nitrogens with one attached hydrogen (secondary N) is 2. The predicted octanol–water partition coefficient (Wildman–Crippen LogP) is 2.32. The smallest absolute Gasteiger partial charge is 0.262 e. The van der Waals surface area contributed by atoms with Gasteiger partial charge in [-0.1, -0.05) is 23.7 Å². The van der Waals surface area contributed by atoms with Crippen molar-refractivity contribution in [2.45, 2.75) is 23.8 Å². The molecule has 2 amide bonds. The van der Waals surface area contributed by atoms with Gasteiger partial charge in [-0.3, -0.25) is 19.2 Å². The molecule has 0 bridgehead atoms. The van der Waals surface area contributed by atoms with Crippen molar-refractivity contribution in [1.82, 2.24) is 15.1 Å². The molecule has 0 aromatic heterocycles. The molecular weight excluding hydrogens is 471 g/mol. The zero-order valence-electron chi connectivity index (χ0n) is 17.8. The van der Waals surface area contributed by atoms with Gasteiger partial charge in [0.2, 0.25) is 5.91 Å². The maximum Gasteiger partial charge on any atom is 0.262 e. The van der Waals surface area contributed by atoms with Crippen molar-refractivity contribution >= 4 is 39.1 Å². The lowest BCUT2D eigenvalue weighted by Gasteiger charge is -2.34. The van der Waals surface area contributed by atoms with Gasteiger partial charge in [0.05, 0.1) is 27.7 Å². The lowest BCUT2D eigenvalue weighted by atomic mass is 10.1. The Morgan fingerprint density at radius 2 is 1.76 bits per heavy atom. The molecule has 1 aliphatic heterocycles. The molecule has 2 fully saturated rings. The molecular formula is C22H24ClFN4O4S. The van der Waals surface area contributed by atoms with Crippen molar-refractivity contribution in [2.75, 3.05) is 37.4 Å². The molecule has 2 N–H and O–H groups in total. The summed E-state index contributed by atoms with van der Waals surface area (Å²) in [5.41, 5.74) is -0.143. The summed E-state index contributed by atoms with van der Waals surface area (Å²) in [6, 6.07) is 9.51. The summed E-state index contributed by atoms with van der Waals surface area (Å²) < 4.78 is 41.6. The van der Waals surface area contributed by atoms with E-state index in [1.807, 2.05) is 4.90 Å². The zero-order valence-corrected chi connectivity index (χ0v) is 19.3. The van der Waals surface area contributed by atoms with Gasteiger partial charge in [-0.15, -0.1) is 0 Å². The van der Waals surface area contributed by atoms with E-state index in [1.165, 1.54) is 36.4 Å². The van der Waals surface area contributed by atoms with Gasteiger partial charge in [0.1, 0.15) is 5.82 Å². The standard InChI is InChI=1S/C22H24ClFN4O4S/c23-18-8-7-16(33(31,32)26-20-4-2-1-3-19(20)24)13-17(18)22(30)28-11-9-27(10-12-28)14-21(29)25-15-5-6-15/h1-4,7-8,13,15,26H,5-6,9-12,14H2,(H,25,29). The highest BCUT2D eigenvalue weighted by Gasteiger charge is 2.28. The van der Waals surface area contributed by atoms with Crippen LogP contribution in [0, 0.1) is 5.82 Å². The number of sulfonamides is 1. The number of benzene rings is 2. The lowest BCUT2D eigenvalue weighted by Crippen LogP contribution is -2.51. The minimum absolute atomic E-state index is 0.0134. The number of amides is 2. The number of rotatable bonds is 7. The van der Waals surface area contributed by atoms with Crippen molar-refractivity contribution in [1.29, 1.82) is 0 Å². The molecule has 11 heteroatoms. The Balaban J connectivity index is 1.42. The Kier molecular flexibility index (Phi) is 6.87. The quantitative estimate of drug-likeness (QED) is 0.615. The van der Waals surface area contributed by atoms with Gasteiger partial charge in [0, 0.05) is 32.2 Å². The van der Waals surface area contributed by atoms with E-state index in [0.717, 1.165) is 18.9 Å². The molecule has 2 aliphatic rings. The Hall–Kier alpha value is -2.69. The molecule has 1 heterocycles. The number of nitrogens with zero attached hydrogens (tertiary/aromatic N) is 2. The zero-order chi connectivity index (χ0) is 23.6. The first kappa shape index (κ1) is 23.5. The van der Waals surface area contributed by atoms with E-state index in [9.17, 15) is 22.4 Å². The topological polar surface area (TPSA) is 98.8 Å². The molecule has 0 atom stereocenters. The second-order valence-electron chi connectivity index (χ2n) is 8.14. The first-order valence-corrected chi connectivity index (χ1v) is 12.5. The number of hydrogen-bond donors (Lipinski definition) is 2. The minimum atomic E-state index is -4.14. The minimum Gasteiger partial charge on any atom is -0.352 e. The summed E-state index contributed by atoms with van der Waals surface area (Å²) in [5.74, 6) is -1.12. The summed E-state index contributed by atoms with van der Waals surface area (Å²) in [6.45, 7) is 2.10. The van der Waals surface area contributed by atoms with Crippen LogP contribution in [0.15, 0.2) is 47.4 Å². The molecule has 8 nitrogen and oxygen atoms in total. The third-order valence-electron chi connectivity index (χ3n) is 5.57. The number of para-hydroxylation sites is 1. The number of anilines is 1. The molecule has 2 aromatic carbocycles. The Bertz CT molecular complexity index is 1160. The number of hydrogen-bond acceptors (Lipinski definition) is 5. The van der Waals surface area contributed by atoms with Crippen LogP contribution in [-0.4, -0.2) is 68.8 Å². The molecule has 0 unspecified atom stereocenters. The molecule has 33 heavy (non-hydrogen) atoms. The maximum atomic E-state index is 13.9. The average Bonchev–Trinajstić information content (AvgIpc) is 3.59. The summed E-state index contributed by atoms with van der Waals surface area (Å²) in [7, 11) is -4.14. The Labute approximate surface area is 196 Å². The summed E-state index contributed by atoms with van der Waals surface area (Å²) in [6.07, 6.45) is 2.05. The molecule has 1 saturated carbocycles.